The summed E-state index contributed by atoms with van der Waals surface area (Å²) in [7, 11) is 0. The summed E-state index contributed by atoms with van der Waals surface area (Å²) in [6.07, 6.45) is -6.26. The van der Waals surface area contributed by atoms with Crippen LogP contribution in [0.3, 0.4) is 0 Å². The van der Waals surface area contributed by atoms with E-state index in [-0.39, 0.29) is 32.5 Å². The van der Waals surface area contributed by atoms with E-state index < -0.39 is 24.0 Å². The number of nitrogens with zero attached hydrogens (tertiary/aromatic N) is 3. The van der Waals surface area contributed by atoms with Crippen molar-refractivity contribution in [2.75, 3.05) is 13.1 Å². The summed E-state index contributed by atoms with van der Waals surface area (Å²) >= 11 is 0. The van der Waals surface area contributed by atoms with Crippen LogP contribution in [0.2, 0.25) is 0 Å². The molecule has 2 rings (SSSR count). The van der Waals surface area contributed by atoms with Gasteiger partial charge in [0.1, 0.15) is 5.82 Å². The average molecular weight is 383 g/mol. The largest absolute Gasteiger partial charge is 0.421 e. The first kappa shape index (κ1) is 22.4. The Morgan fingerprint density at radius 3 is 2.35 bits per heavy atom. The first-order valence-electron chi connectivity index (χ1n) is 8.58. The van der Waals surface area contributed by atoms with Gasteiger partial charge in [0.2, 0.25) is 6.10 Å². The third kappa shape index (κ3) is 5.96. The molecule has 0 bridgehead atoms. The summed E-state index contributed by atoms with van der Waals surface area (Å²) in [4.78, 5) is 5.46. The second-order valence-electron chi connectivity index (χ2n) is 6.04. The Balaban J connectivity index is 0.00000163. The number of aliphatic hydroxyl groups is 1. The molecule has 1 aliphatic heterocycles. The van der Waals surface area contributed by atoms with E-state index in [2.05, 4.69) is 11.6 Å². The highest BCUT2D eigenvalue weighted by Crippen LogP contribution is 2.33. The van der Waals surface area contributed by atoms with Crippen molar-refractivity contribution in [3.63, 3.8) is 0 Å². The number of aliphatic hydroxyl groups excluding tert-OH is 1. The fourth-order valence-electron chi connectivity index (χ4n) is 2.67. The van der Waals surface area contributed by atoms with E-state index in [1.165, 1.54) is 17.7 Å². The smallest absolute Gasteiger partial charge is 0.377 e. The maximum Gasteiger partial charge on any atom is 0.421 e. The Morgan fingerprint density at radius 1 is 1.31 bits per heavy atom. The van der Waals surface area contributed by atoms with Gasteiger partial charge in [-0.25, -0.2) is 13.8 Å². The summed E-state index contributed by atoms with van der Waals surface area (Å²) in [6.45, 7) is 9.85. The SMILES string of the molecule is C=C(CCn1cc(C)nc1C(O)C(F)(F)F)N1CCC(F)(F)CC1.CC. The fourth-order valence-corrected chi connectivity index (χ4v) is 2.67. The van der Waals surface area contributed by atoms with Crippen LogP contribution in [-0.4, -0.2) is 44.7 Å². The van der Waals surface area contributed by atoms with Gasteiger partial charge in [0.25, 0.3) is 5.92 Å². The minimum absolute atomic E-state index is 0.134. The molecule has 0 aliphatic carbocycles. The van der Waals surface area contributed by atoms with Crippen molar-refractivity contribution in [1.82, 2.24) is 14.5 Å². The number of aryl methyl sites for hydroxylation is 2. The number of aromatic nitrogens is 2. The van der Waals surface area contributed by atoms with E-state index in [0.29, 0.717) is 17.8 Å². The quantitative estimate of drug-likeness (QED) is 0.764. The van der Waals surface area contributed by atoms with Crippen molar-refractivity contribution in [1.29, 1.82) is 0 Å². The normalized spacial score (nSPS) is 18.1. The average Bonchev–Trinajstić information content (AvgIpc) is 2.93. The zero-order valence-corrected chi connectivity index (χ0v) is 15.3. The Hall–Kier alpha value is -1.64. The van der Waals surface area contributed by atoms with Crippen LogP contribution < -0.4 is 0 Å². The lowest BCUT2D eigenvalue weighted by Crippen LogP contribution is -2.38. The minimum atomic E-state index is -4.80. The predicted molar refractivity (Wildman–Crippen MR) is 88.8 cm³/mol. The van der Waals surface area contributed by atoms with Crippen molar-refractivity contribution in [3.8, 4) is 0 Å². The number of alkyl halides is 5. The van der Waals surface area contributed by atoms with E-state index in [1.54, 1.807) is 4.90 Å². The summed E-state index contributed by atoms with van der Waals surface area (Å²) in [6, 6.07) is 0. The van der Waals surface area contributed by atoms with Gasteiger partial charge in [-0.15, -0.1) is 0 Å². The Labute approximate surface area is 150 Å². The molecule has 9 heteroatoms. The molecule has 1 aliphatic rings. The maximum atomic E-state index is 13.1. The maximum absolute atomic E-state index is 13.1. The van der Waals surface area contributed by atoms with Crippen molar-refractivity contribution in [2.24, 2.45) is 0 Å². The number of halogens is 5. The Kier molecular flexibility index (Phi) is 7.61. The van der Waals surface area contributed by atoms with Gasteiger partial charge in [-0.2, -0.15) is 13.2 Å². The van der Waals surface area contributed by atoms with E-state index in [4.69, 9.17) is 0 Å². The molecule has 1 aromatic rings. The standard InChI is InChI=1S/C15H20F5N3O.C2H6/c1-10-9-23(13(21-10)12(24)15(18,19)20)6-3-11(2)22-7-4-14(16,17)5-8-22;1-2/h9,12,24H,2-8H2,1H3;1-2H3. The Morgan fingerprint density at radius 2 is 1.85 bits per heavy atom. The molecule has 150 valence electrons. The second kappa shape index (κ2) is 8.83. The number of imidazole rings is 1. The monoisotopic (exact) mass is 383 g/mol. The lowest BCUT2D eigenvalue weighted by molar-refractivity contribution is -0.209. The molecular weight excluding hydrogens is 357 g/mol. The molecule has 1 atom stereocenters. The van der Waals surface area contributed by atoms with Crippen molar-refractivity contribution in [3.05, 3.63) is 30.0 Å². The molecule has 4 nitrogen and oxygen atoms in total. The van der Waals surface area contributed by atoms with Gasteiger partial charge in [-0.05, 0) is 6.92 Å². The fraction of sp³-hybridized carbons (Fsp3) is 0.706. The van der Waals surface area contributed by atoms with Crippen LogP contribution in [0.15, 0.2) is 18.5 Å². The summed E-state index contributed by atoms with van der Waals surface area (Å²) in [5, 5.41) is 9.40. The molecule has 0 amide bonds. The van der Waals surface area contributed by atoms with Crippen LogP contribution in [0, 0.1) is 6.92 Å². The molecule has 0 aromatic carbocycles. The summed E-state index contributed by atoms with van der Waals surface area (Å²) < 4.78 is 65.6. The molecule has 1 fully saturated rings. The molecule has 1 N–H and O–H groups in total. The first-order chi connectivity index (χ1) is 12.0. The molecule has 1 aromatic heterocycles. The lowest BCUT2D eigenvalue weighted by atomic mass is 10.1. The molecule has 1 saturated heterocycles. The Bertz CT molecular complexity index is 588. The summed E-state index contributed by atoms with van der Waals surface area (Å²) in [5.41, 5.74) is 0.945. The van der Waals surface area contributed by atoms with Crippen molar-refractivity contribution < 1.29 is 27.1 Å². The molecule has 0 spiro atoms. The third-order valence-corrected chi connectivity index (χ3v) is 4.07. The van der Waals surface area contributed by atoms with Gasteiger partial charge < -0.3 is 14.6 Å². The third-order valence-electron chi connectivity index (χ3n) is 4.07. The topological polar surface area (TPSA) is 41.3 Å². The molecular formula is C17H26F5N3O. The number of rotatable bonds is 5. The van der Waals surface area contributed by atoms with E-state index in [0.717, 1.165) is 0 Å². The first-order valence-corrected chi connectivity index (χ1v) is 8.58. The van der Waals surface area contributed by atoms with Gasteiger partial charge in [0, 0.05) is 50.8 Å². The van der Waals surface area contributed by atoms with Crippen molar-refractivity contribution in [2.45, 2.75) is 64.8 Å². The van der Waals surface area contributed by atoms with E-state index in [9.17, 15) is 27.1 Å². The van der Waals surface area contributed by atoms with Crippen LogP contribution in [0.4, 0.5) is 22.0 Å². The molecule has 0 radical (unpaired) electrons. The highest BCUT2D eigenvalue weighted by atomic mass is 19.4. The second-order valence-corrected chi connectivity index (χ2v) is 6.04. The van der Waals surface area contributed by atoms with Gasteiger partial charge in [0.05, 0.1) is 5.69 Å². The summed E-state index contributed by atoms with van der Waals surface area (Å²) in [5.74, 6) is -3.14. The minimum Gasteiger partial charge on any atom is -0.377 e. The predicted octanol–water partition coefficient (Wildman–Crippen LogP) is 4.45. The highest BCUT2D eigenvalue weighted by molar-refractivity contribution is 5.07. The number of likely N-dealkylation sites (tertiary alicyclic amines) is 1. The van der Waals surface area contributed by atoms with Crippen molar-refractivity contribution >= 4 is 0 Å². The van der Waals surface area contributed by atoms with Gasteiger partial charge >= 0.3 is 6.18 Å². The highest BCUT2D eigenvalue weighted by Gasteiger charge is 2.42. The number of allylic oxidation sites excluding steroid dienone is 1. The van der Waals surface area contributed by atoms with Gasteiger partial charge in [-0.3, -0.25) is 0 Å². The number of hydrogen-bond donors (Lipinski definition) is 1. The van der Waals surface area contributed by atoms with Gasteiger partial charge in [-0.1, -0.05) is 20.4 Å². The van der Waals surface area contributed by atoms with Gasteiger partial charge in [0.15, 0.2) is 0 Å². The molecule has 0 saturated carbocycles. The van der Waals surface area contributed by atoms with Crippen LogP contribution in [0.1, 0.15) is 50.7 Å². The molecule has 1 unspecified atom stereocenters. The zero-order valence-electron chi connectivity index (χ0n) is 15.3. The van der Waals surface area contributed by atoms with E-state index in [1.807, 2.05) is 13.8 Å². The zero-order chi connectivity index (χ0) is 20.1. The van der Waals surface area contributed by atoms with Crippen LogP contribution >= 0.6 is 0 Å². The van der Waals surface area contributed by atoms with E-state index >= 15 is 0 Å². The van der Waals surface area contributed by atoms with Crippen LogP contribution in [0.25, 0.3) is 0 Å². The van der Waals surface area contributed by atoms with Crippen LogP contribution in [0.5, 0.6) is 0 Å². The molecule has 26 heavy (non-hydrogen) atoms. The van der Waals surface area contributed by atoms with Crippen LogP contribution in [-0.2, 0) is 6.54 Å². The number of piperidine rings is 1. The molecule has 2 heterocycles. The number of hydrogen-bond acceptors (Lipinski definition) is 3. The lowest BCUT2D eigenvalue weighted by Gasteiger charge is -2.34.